The third-order valence-corrected chi connectivity index (χ3v) is 0. The first-order chi connectivity index (χ1) is 5.00. The second kappa shape index (κ2) is 23.6. The van der Waals surface area contributed by atoms with Crippen LogP contribution in [0.2, 0.25) is 9.06 Å². The van der Waals surface area contributed by atoms with E-state index in [0.717, 1.165) is 0 Å². The van der Waals surface area contributed by atoms with Gasteiger partial charge in [-0.05, 0) is 0 Å². The molecule has 0 fully saturated rings. The van der Waals surface area contributed by atoms with Crippen LogP contribution in [-0.4, -0.2) is 107 Å². The van der Waals surface area contributed by atoms with Crippen LogP contribution in [0.4, 0.5) is 0 Å². The van der Waals surface area contributed by atoms with Crippen molar-refractivity contribution in [1.82, 2.24) is 0 Å². The molecule has 0 bridgehead atoms. The Morgan fingerprint density at radius 3 is 0.818 bits per heavy atom. The molecule has 0 atom stereocenters. The summed E-state index contributed by atoms with van der Waals surface area (Å²) in [5.41, 5.74) is 0. The molecular formula is C3H9Ca3O4P. The summed E-state index contributed by atoms with van der Waals surface area (Å²) in [6.07, 6.45) is 0. The molecule has 0 aliphatic carbocycles. The van der Waals surface area contributed by atoms with Crippen LogP contribution in [0.5, 0.6) is 0 Å². The van der Waals surface area contributed by atoms with Crippen molar-refractivity contribution in [1.29, 1.82) is 0 Å². The second-order valence-electron chi connectivity index (χ2n) is 0.447. The molecule has 0 spiro atoms. The Hall–Kier alpha value is 3.89. The Morgan fingerprint density at radius 1 is 0.818 bits per heavy atom. The zero-order chi connectivity index (χ0) is 10.5. The first-order valence-electron chi connectivity index (χ1n) is 2.85. The minimum atomic E-state index is -5.39. The van der Waals surface area contributed by atoms with E-state index in [4.69, 9.17) is 19.2 Å². The molecule has 0 N–H and O–H groups in total. The van der Waals surface area contributed by atoms with Gasteiger partial charge in [0.2, 0.25) is 0 Å². The quantitative estimate of drug-likeness (QED) is 0.365. The van der Waals surface area contributed by atoms with Crippen LogP contribution in [0, 0.1) is 0 Å². The maximum atomic E-state index is 8.55. The van der Waals surface area contributed by atoms with Crippen molar-refractivity contribution in [3.05, 3.63) is 0 Å². The van der Waals surface area contributed by atoms with Gasteiger partial charge in [-0.25, -0.2) is 0 Å². The first kappa shape index (κ1) is 24.2. The molecular weight excluding hydrogens is 251 g/mol. The standard InChI is InChI=1S/3CH3.3Ca.H3O4P/c;;;;;;1-5(2,3)4/h3*1H3;;;;(H3,1,2,3,4)/q;;;3*+1;/p-3. The zero-order valence-electron chi connectivity index (χ0n) is 7.20. The van der Waals surface area contributed by atoms with E-state index in [1.165, 1.54) is 107 Å². The van der Waals surface area contributed by atoms with E-state index in [0.29, 0.717) is 0 Å². The fourth-order valence-corrected chi connectivity index (χ4v) is 0. The van der Waals surface area contributed by atoms with Crippen molar-refractivity contribution >= 4 is 115 Å². The molecule has 56 valence electrons. The molecule has 0 aromatic heterocycles. The fraction of sp³-hybridized carbons (Fsp3) is 1.00. The van der Waals surface area contributed by atoms with Crippen molar-refractivity contribution < 1.29 is 19.2 Å². The summed E-state index contributed by atoms with van der Waals surface area (Å²) < 4.78 is 14.9. The van der Waals surface area contributed by atoms with Crippen molar-refractivity contribution in [2.24, 2.45) is 0 Å². The van der Waals surface area contributed by atoms with Gasteiger partial charge in [0.15, 0.2) is 0 Å². The molecule has 0 heterocycles. The fourth-order valence-electron chi connectivity index (χ4n) is 0. The molecule has 0 aliphatic rings. The Morgan fingerprint density at radius 2 is 0.818 bits per heavy atom. The van der Waals surface area contributed by atoms with Crippen molar-refractivity contribution in [3.63, 3.8) is 0 Å². The molecule has 0 saturated carbocycles. The van der Waals surface area contributed by atoms with Crippen LogP contribution in [0.1, 0.15) is 0 Å². The molecule has 0 aromatic rings. The topological polar surface area (TPSA) is 86.2 Å². The predicted molar refractivity (Wildman–Crippen MR) is 42.5 cm³/mol. The van der Waals surface area contributed by atoms with E-state index in [1.54, 1.807) is 0 Å². The van der Waals surface area contributed by atoms with Crippen LogP contribution in [0.25, 0.3) is 0 Å². The van der Waals surface area contributed by atoms with Gasteiger partial charge in [-0.15, -0.1) is 0 Å². The third-order valence-electron chi connectivity index (χ3n) is 0. The summed E-state index contributed by atoms with van der Waals surface area (Å²) in [5.74, 6) is 0. The van der Waals surface area contributed by atoms with Gasteiger partial charge in [0.25, 0.3) is 0 Å². The van der Waals surface area contributed by atoms with Gasteiger partial charge in [-0.2, -0.15) is 7.82 Å². The third kappa shape index (κ3) is 130. The zero-order valence-corrected chi connectivity index (χ0v) is 14.7. The van der Waals surface area contributed by atoms with Crippen LogP contribution in [0.3, 0.4) is 0 Å². The molecule has 0 unspecified atom stereocenters. The molecule has 0 aromatic carbocycles. The number of rotatable bonds is 0. The first-order valence-corrected chi connectivity index (χ1v) is 10.9. The Balaban J connectivity index is -0.0000000350. The van der Waals surface area contributed by atoms with Gasteiger partial charge in [-0.3, -0.25) is 0 Å². The number of hydrogen-bond donors (Lipinski definition) is 0. The number of phosphoric acid groups is 1. The van der Waals surface area contributed by atoms with Gasteiger partial charge in [0, 0.05) is 0 Å². The van der Waals surface area contributed by atoms with E-state index >= 15 is 0 Å². The van der Waals surface area contributed by atoms with E-state index in [9.17, 15) is 0 Å². The van der Waals surface area contributed by atoms with Gasteiger partial charge in [0.05, 0.1) is 0 Å². The van der Waals surface area contributed by atoms with E-state index in [1.807, 2.05) is 0 Å². The molecule has 0 radical (unpaired) electrons. The van der Waals surface area contributed by atoms with Crippen molar-refractivity contribution in [2.45, 2.75) is 9.06 Å². The van der Waals surface area contributed by atoms with Gasteiger partial charge in [0.1, 0.15) is 0 Å². The van der Waals surface area contributed by atoms with E-state index < -0.39 is 7.82 Å². The molecule has 0 aliphatic heterocycles. The average molecular weight is 260 g/mol. The summed E-state index contributed by atoms with van der Waals surface area (Å²) in [5, 5.41) is 0. The van der Waals surface area contributed by atoms with Crippen LogP contribution in [0.15, 0.2) is 0 Å². The van der Waals surface area contributed by atoms with Crippen LogP contribution < -0.4 is 14.7 Å². The summed E-state index contributed by atoms with van der Waals surface area (Å²) in [4.78, 5) is 25.6. The minimum absolute atomic E-state index is 1.38. The summed E-state index contributed by atoms with van der Waals surface area (Å²) >= 11 is 4.12. The Labute approximate surface area is 140 Å². The Kier molecular flexibility index (Phi) is 52.0. The monoisotopic (exact) mass is 260 g/mol. The van der Waals surface area contributed by atoms with Gasteiger partial charge in [-0.1, -0.05) is 0 Å². The molecule has 8 heteroatoms. The summed E-state index contributed by atoms with van der Waals surface area (Å²) in [6.45, 7) is 0. The van der Waals surface area contributed by atoms with E-state index in [-0.39, 0.29) is 0 Å². The normalized spacial score (nSPS) is 7.27. The molecule has 0 rings (SSSR count). The van der Waals surface area contributed by atoms with E-state index in [2.05, 4.69) is 9.06 Å². The number of hydrogen-bond acceptors (Lipinski definition) is 4. The molecule has 11 heavy (non-hydrogen) atoms. The van der Waals surface area contributed by atoms with Crippen molar-refractivity contribution in [2.75, 3.05) is 0 Å². The summed E-state index contributed by atoms with van der Waals surface area (Å²) in [7, 11) is -5.39. The maximum absolute atomic E-state index is 8.55. The SMILES string of the molecule is O=P([O-])([O-])[O-].[CH3][Ca+].[CH3][Ca+].[CH3][Ca+]. The predicted octanol–water partition coefficient (Wildman–Crippen LogP) is -2.22. The van der Waals surface area contributed by atoms with Crippen molar-refractivity contribution in [3.8, 4) is 0 Å². The molecule has 4 nitrogen and oxygen atoms in total. The summed E-state index contributed by atoms with van der Waals surface area (Å²) in [6, 6.07) is 0. The van der Waals surface area contributed by atoms with Gasteiger partial charge < -0.3 is 19.2 Å². The second-order valence-corrected chi connectivity index (χ2v) is 1.34. The van der Waals surface area contributed by atoms with Crippen LogP contribution >= 0.6 is 7.82 Å². The molecule has 0 saturated heterocycles. The Bertz CT molecular complexity index is 66.7. The van der Waals surface area contributed by atoms with Crippen LogP contribution in [-0.2, 0) is 4.57 Å². The average Bonchev–Trinajstić information content (AvgIpc) is 1.96. The molecule has 0 amide bonds. The van der Waals surface area contributed by atoms with Gasteiger partial charge >= 0.3 is 116 Å².